The molecule has 1 unspecified atom stereocenters. The molecule has 2 aromatic rings. The number of nitrogens with one attached hydrogen (secondary N) is 1. The topological polar surface area (TPSA) is 105 Å². The molecular weight excluding hydrogens is 266 g/mol. The highest BCUT2D eigenvalue weighted by Gasteiger charge is 2.29. The Balaban J connectivity index is 1.96. The molecule has 0 saturated heterocycles. The molecule has 1 aliphatic rings. The SMILES string of the molecule is Cc1ccc(-n2nc(NC(C)C3CC3)c(C#N)c2N)nn1. The average Bonchev–Trinajstić information content (AvgIpc) is 3.26. The molecule has 0 bridgehead atoms. The van der Waals surface area contributed by atoms with Gasteiger partial charge in [0.2, 0.25) is 0 Å². The first-order chi connectivity index (χ1) is 10.1. The van der Waals surface area contributed by atoms with Gasteiger partial charge in [-0.15, -0.1) is 10.2 Å². The number of aryl methyl sites for hydroxylation is 1. The first-order valence-corrected chi connectivity index (χ1v) is 6.96. The summed E-state index contributed by atoms with van der Waals surface area (Å²) >= 11 is 0. The van der Waals surface area contributed by atoms with Gasteiger partial charge in [-0.2, -0.15) is 15.0 Å². The highest BCUT2D eigenvalue weighted by atomic mass is 15.4. The van der Waals surface area contributed by atoms with Crippen LogP contribution in [0.4, 0.5) is 11.6 Å². The molecule has 1 saturated carbocycles. The van der Waals surface area contributed by atoms with Crippen LogP contribution in [0.25, 0.3) is 5.82 Å². The van der Waals surface area contributed by atoms with E-state index in [4.69, 9.17) is 5.73 Å². The number of nitrogen functional groups attached to an aromatic ring is 1. The molecular formula is C14H17N7. The van der Waals surface area contributed by atoms with Crippen LogP contribution in [-0.2, 0) is 0 Å². The second kappa shape index (κ2) is 5.05. The van der Waals surface area contributed by atoms with Crippen molar-refractivity contribution in [3.05, 3.63) is 23.4 Å². The largest absolute Gasteiger partial charge is 0.382 e. The summed E-state index contributed by atoms with van der Waals surface area (Å²) in [6.07, 6.45) is 2.44. The van der Waals surface area contributed by atoms with Gasteiger partial charge in [0.1, 0.15) is 17.5 Å². The van der Waals surface area contributed by atoms with Gasteiger partial charge in [-0.1, -0.05) is 0 Å². The smallest absolute Gasteiger partial charge is 0.178 e. The molecule has 0 spiro atoms. The number of rotatable bonds is 4. The van der Waals surface area contributed by atoms with Gasteiger partial charge in [0.25, 0.3) is 0 Å². The van der Waals surface area contributed by atoms with Gasteiger partial charge in [-0.25, -0.2) is 0 Å². The van der Waals surface area contributed by atoms with Crippen molar-refractivity contribution in [2.24, 2.45) is 5.92 Å². The van der Waals surface area contributed by atoms with E-state index in [1.54, 1.807) is 6.07 Å². The molecule has 0 amide bonds. The molecule has 7 nitrogen and oxygen atoms in total. The van der Waals surface area contributed by atoms with E-state index in [0.717, 1.165) is 5.69 Å². The summed E-state index contributed by atoms with van der Waals surface area (Å²) in [6.45, 7) is 3.95. The van der Waals surface area contributed by atoms with Crippen molar-refractivity contribution in [1.29, 1.82) is 5.26 Å². The third kappa shape index (κ3) is 2.52. The van der Waals surface area contributed by atoms with E-state index in [0.29, 0.717) is 23.1 Å². The Hall–Kier alpha value is -2.62. The van der Waals surface area contributed by atoms with Crippen LogP contribution in [0.15, 0.2) is 12.1 Å². The highest BCUT2D eigenvalue weighted by molar-refractivity contribution is 5.65. The minimum absolute atomic E-state index is 0.279. The predicted octanol–water partition coefficient (Wildman–Crippen LogP) is 1.63. The number of hydrogen-bond donors (Lipinski definition) is 2. The first kappa shape index (κ1) is 13.4. The number of nitriles is 1. The maximum absolute atomic E-state index is 9.31. The molecule has 3 rings (SSSR count). The second-order valence-corrected chi connectivity index (χ2v) is 5.44. The van der Waals surface area contributed by atoms with Crippen LogP contribution in [0, 0.1) is 24.2 Å². The Morgan fingerprint density at radius 3 is 2.76 bits per heavy atom. The standard InChI is InChI=1S/C14H17N7/c1-8-3-6-12(19-18-8)21-13(16)11(7-15)14(20-21)17-9(2)10-4-5-10/h3,6,9-10H,4-5,16H2,1-2H3,(H,17,20). The van der Waals surface area contributed by atoms with Crippen molar-refractivity contribution in [2.75, 3.05) is 11.1 Å². The fourth-order valence-corrected chi connectivity index (χ4v) is 2.25. The molecule has 0 radical (unpaired) electrons. The van der Waals surface area contributed by atoms with E-state index in [1.807, 2.05) is 13.0 Å². The van der Waals surface area contributed by atoms with E-state index in [2.05, 4.69) is 33.6 Å². The molecule has 0 aliphatic heterocycles. The van der Waals surface area contributed by atoms with Gasteiger partial charge < -0.3 is 11.1 Å². The molecule has 1 atom stereocenters. The summed E-state index contributed by atoms with van der Waals surface area (Å²) in [5.74, 6) is 1.95. The van der Waals surface area contributed by atoms with Gasteiger partial charge in [0, 0.05) is 6.04 Å². The van der Waals surface area contributed by atoms with Gasteiger partial charge in [0.15, 0.2) is 11.6 Å². The number of hydrogen-bond acceptors (Lipinski definition) is 6. The zero-order valence-corrected chi connectivity index (χ0v) is 12.0. The molecule has 1 aliphatic carbocycles. The summed E-state index contributed by atoms with van der Waals surface area (Å²) in [4.78, 5) is 0. The van der Waals surface area contributed by atoms with Crippen LogP contribution in [-0.4, -0.2) is 26.0 Å². The quantitative estimate of drug-likeness (QED) is 0.883. The Morgan fingerprint density at radius 1 is 1.43 bits per heavy atom. The van der Waals surface area contributed by atoms with Gasteiger partial charge >= 0.3 is 0 Å². The summed E-state index contributed by atoms with van der Waals surface area (Å²) in [6, 6.07) is 6.00. The van der Waals surface area contributed by atoms with Gasteiger partial charge in [-0.05, 0) is 44.7 Å². The Morgan fingerprint density at radius 2 is 2.19 bits per heavy atom. The third-order valence-corrected chi connectivity index (χ3v) is 3.73. The maximum Gasteiger partial charge on any atom is 0.178 e. The highest BCUT2D eigenvalue weighted by Crippen LogP contribution is 2.34. The zero-order chi connectivity index (χ0) is 15.0. The van der Waals surface area contributed by atoms with E-state index >= 15 is 0 Å². The third-order valence-electron chi connectivity index (χ3n) is 3.73. The van der Waals surface area contributed by atoms with Crippen LogP contribution in [0.1, 0.15) is 31.0 Å². The van der Waals surface area contributed by atoms with Crippen molar-refractivity contribution in [1.82, 2.24) is 20.0 Å². The summed E-state index contributed by atoms with van der Waals surface area (Å²) in [5, 5.41) is 25.0. The Kier molecular flexibility index (Phi) is 3.22. The van der Waals surface area contributed by atoms with Crippen molar-refractivity contribution >= 4 is 11.6 Å². The normalized spacial score (nSPS) is 15.5. The second-order valence-electron chi connectivity index (χ2n) is 5.44. The molecule has 2 aromatic heterocycles. The molecule has 3 N–H and O–H groups in total. The van der Waals surface area contributed by atoms with Crippen LogP contribution in [0.2, 0.25) is 0 Å². The average molecular weight is 283 g/mol. The van der Waals surface area contributed by atoms with Crippen LogP contribution >= 0.6 is 0 Å². The van der Waals surface area contributed by atoms with Crippen molar-refractivity contribution in [3.63, 3.8) is 0 Å². The fourth-order valence-electron chi connectivity index (χ4n) is 2.25. The number of nitrogens with two attached hydrogens (primary N) is 1. The van der Waals surface area contributed by atoms with E-state index in [-0.39, 0.29) is 11.9 Å². The lowest BCUT2D eigenvalue weighted by Gasteiger charge is -2.11. The van der Waals surface area contributed by atoms with Crippen LogP contribution in [0.5, 0.6) is 0 Å². The predicted molar refractivity (Wildman–Crippen MR) is 78.8 cm³/mol. The minimum atomic E-state index is 0.279. The first-order valence-electron chi connectivity index (χ1n) is 6.96. The monoisotopic (exact) mass is 283 g/mol. The molecule has 1 fully saturated rings. The lowest BCUT2D eigenvalue weighted by molar-refractivity contribution is 0.686. The Bertz CT molecular complexity index is 691. The Labute approximate surface area is 122 Å². The van der Waals surface area contributed by atoms with Crippen molar-refractivity contribution in [3.8, 4) is 11.9 Å². The molecule has 21 heavy (non-hydrogen) atoms. The van der Waals surface area contributed by atoms with E-state index in [1.165, 1.54) is 17.5 Å². The van der Waals surface area contributed by atoms with E-state index in [9.17, 15) is 5.26 Å². The number of anilines is 2. The molecule has 2 heterocycles. The lowest BCUT2D eigenvalue weighted by Crippen LogP contribution is -2.18. The molecule has 0 aromatic carbocycles. The fraction of sp³-hybridized carbons (Fsp3) is 0.429. The zero-order valence-electron chi connectivity index (χ0n) is 12.0. The van der Waals surface area contributed by atoms with Gasteiger partial charge in [0.05, 0.1) is 5.69 Å². The minimum Gasteiger partial charge on any atom is -0.382 e. The number of nitrogens with zero attached hydrogens (tertiary/aromatic N) is 5. The van der Waals surface area contributed by atoms with E-state index < -0.39 is 0 Å². The number of aromatic nitrogens is 4. The summed E-state index contributed by atoms with van der Waals surface area (Å²) in [5.41, 5.74) is 7.18. The lowest BCUT2D eigenvalue weighted by atomic mass is 10.2. The van der Waals surface area contributed by atoms with Crippen molar-refractivity contribution < 1.29 is 0 Å². The van der Waals surface area contributed by atoms with Gasteiger partial charge in [-0.3, -0.25) is 0 Å². The maximum atomic E-state index is 9.31. The van der Waals surface area contributed by atoms with Crippen LogP contribution < -0.4 is 11.1 Å². The summed E-state index contributed by atoms with van der Waals surface area (Å²) in [7, 11) is 0. The van der Waals surface area contributed by atoms with Crippen molar-refractivity contribution in [2.45, 2.75) is 32.7 Å². The summed E-state index contributed by atoms with van der Waals surface area (Å²) < 4.78 is 1.45. The van der Waals surface area contributed by atoms with Crippen LogP contribution in [0.3, 0.4) is 0 Å². The molecule has 108 valence electrons. The molecule has 7 heteroatoms.